The Morgan fingerprint density at radius 3 is 2.48 bits per heavy atom. The summed E-state index contributed by atoms with van der Waals surface area (Å²) in [4.78, 5) is 16.8. The highest BCUT2D eigenvalue weighted by molar-refractivity contribution is 5.95. The number of aliphatic hydroxyl groups is 1. The molecule has 1 fully saturated rings. The molecule has 0 radical (unpaired) electrons. The van der Waals surface area contributed by atoms with E-state index in [9.17, 15) is 9.90 Å². The number of rotatable bonds is 6. The van der Waals surface area contributed by atoms with Gasteiger partial charge in [-0.05, 0) is 37.5 Å². The summed E-state index contributed by atoms with van der Waals surface area (Å²) < 4.78 is 0. The highest BCUT2D eigenvalue weighted by Crippen LogP contribution is 2.23. The molecule has 1 saturated heterocycles. The Labute approximate surface area is 149 Å². The Hall–Kier alpha value is -2.17. The smallest absolute Gasteiger partial charge is 0.241 e. The topological polar surface area (TPSA) is 43.8 Å². The van der Waals surface area contributed by atoms with Crippen molar-refractivity contribution in [2.75, 3.05) is 31.1 Å². The van der Waals surface area contributed by atoms with Crippen molar-refractivity contribution in [3.8, 4) is 0 Å². The number of hydrogen-bond acceptors (Lipinski definition) is 3. The van der Waals surface area contributed by atoms with E-state index in [4.69, 9.17) is 0 Å². The molecule has 3 rings (SSSR count). The highest BCUT2D eigenvalue weighted by atomic mass is 16.3. The second-order valence-electron chi connectivity index (χ2n) is 6.73. The van der Waals surface area contributed by atoms with Crippen molar-refractivity contribution in [2.24, 2.45) is 0 Å². The van der Waals surface area contributed by atoms with Crippen molar-refractivity contribution in [3.63, 3.8) is 0 Å². The molecular formula is C21H26N2O2. The Bertz CT molecular complexity index is 685. The van der Waals surface area contributed by atoms with Crippen LogP contribution in [0.3, 0.4) is 0 Å². The van der Waals surface area contributed by atoms with Crippen LogP contribution in [0.1, 0.15) is 17.5 Å². The molecule has 0 aliphatic carbocycles. The van der Waals surface area contributed by atoms with Crippen molar-refractivity contribution in [3.05, 3.63) is 65.7 Å². The first-order valence-electron chi connectivity index (χ1n) is 8.93. The monoisotopic (exact) mass is 338 g/mol. The van der Waals surface area contributed by atoms with Gasteiger partial charge in [0.15, 0.2) is 0 Å². The van der Waals surface area contributed by atoms with Gasteiger partial charge in [-0.25, -0.2) is 0 Å². The molecule has 1 amide bonds. The van der Waals surface area contributed by atoms with E-state index in [0.717, 1.165) is 18.7 Å². The largest absolute Gasteiger partial charge is 0.396 e. The van der Waals surface area contributed by atoms with E-state index in [1.165, 1.54) is 11.1 Å². The van der Waals surface area contributed by atoms with Gasteiger partial charge >= 0.3 is 0 Å². The maximum absolute atomic E-state index is 12.7. The lowest BCUT2D eigenvalue weighted by molar-refractivity contribution is -0.122. The minimum absolute atomic E-state index is 0.131. The number of nitrogens with zero attached hydrogens (tertiary/aromatic N) is 2. The predicted octanol–water partition coefficient (Wildman–Crippen LogP) is 2.64. The third-order valence-corrected chi connectivity index (χ3v) is 4.81. The van der Waals surface area contributed by atoms with Crippen LogP contribution in [0.15, 0.2) is 54.6 Å². The van der Waals surface area contributed by atoms with Crippen molar-refractivity contribution in [1.29, 1.82) is 0 Å². The number of hydrogen-bond donors (Lipinski definition) is 1. The number of aryl methyl sites for hydroxylation is 1. The van der Waals surface area contributed by atoms with Crippen molar-refractivity contribution < 1.29 is 9.90 Å². The molecule has 1 atom stereocenters. The van der Waals surface area contributed by atoms with Crippen molar-refractivity contribution in [1.82, 2.24) is 4.90 Å². The number of aliphatic hydroxyl groups excluding tert-OH is 1. The lowest BCUT2D eigenvalue weighted by atomic mass is 10.0. The van der Waals surface area contributed by atoms with Crippen LogP contribution in [0.4, 0.5) is 5.69 Å². The average Bonchev–Trinajstić information content (AvgIpc) is 2.63. The Morgan fingerprint density at radius 2 is 1.80 bits per heavy atom. The molecule has 2 aromatic rings. The fraction of sp³-hybridized carbons (Fsp3) is 0.381. The lowest BCUT2D eigenvalue weighted by Gasteiger charge is -2.41. The van der Waals surface area contributed by atoms with E-state index >= 15 is 0 Å². The molecule has 1 N–H and O–H groups in total. The van der Waals surface area contributed by atoms with Gasteiger partial charge in [0, 0.05) is 31.4 Å². The fourth-order valence-corrected chi connectivity index (χ4v) is 3.41. The zero-order chi connectivity index (χ0) is 17.6. The first-order valence-corrected chi connectivity index (χ1v) is 8.93. The van der Waals surface area contributed by atoms with Crippen LogP contribution in [0.25, 0.3) is 0 Å². The van der Waals surface area contributed by atoms with Gasteiger partial charge in [-0.1, -0.05) is 48.0 Å². The molecule has 0 unspecified atom stereocenters. The van der Waals surface area contributed by atoms with Crippen LogP contribution in [-0.2, 0) is 11.2 Å². The summed E-state index contributed by atoms with van der Waals surface area (Å²) in [5.74, 6) is 0.131. The molecule has 25 heavy (non-hydrogen) atoms. The van der Waals surface area contributed by atoms with Crippen LogP contribution >= 0.6 is 0 Å². The maximum atomic E-state index is 12.7. The van der Waals surface area contributed by atoms with E-state index in [-0.39, 0.29) is 18.6 Å². The van der Waals surface area contributed by atoms with Crippen LogP contribution in [-0.4, -0.2) is 48.2 Å². The molecule has 1 aliphatic rings. The third kappa shape index (κ3) is 4.47. The van der Waals surface area contributed by atoms with Gasteiger partial charge in [0.05, 0.1) is 6.54 Å². The van der Waals surface area contributed by atoms with E-state index in [1.807, 2.05) is 35.2 Å². The average molecular weight is 338 g/mol. The van der Waals surface area contributed by atoms with Crippen LogP contribution in [0.2, 0.25) is 0 Å². The van der Waals surface area contributed by atoms with Gasteiger partial charge < -0.3 is 10.0 Å². The molecule has 1 aliphatic heterocycles. The van der Waals surface area contributed by atoms with E-state index < -0.39 is 0 Å². The summed E-state index contributed by atoms with van der Waals surface area (Å²) in [6, 6.07) is 18.8. The first kappa shape index (κ1) is 17.6. The minimum Gasteiger partial charge on any atom is -0.396 e. The lowest BCUT2D eigenvalue weighted by Crippen LogP contribution is -2.57. The van der Waals surface area contributed by atoms with E-state index in [0.29, 0.717) is 19.5 Å². The van der Waals surface area contributed by atoms with E-state index in [1.54, 1.807) is 0 Å². The standard InChI is InChI=1S/C21H26N2O2/c1-17-8-10-19(11-9-17)23-15-20(14-18-6-3-2-4-7-18)22(12-5-13-24)16-21(23)25/h2-4,6-11,20,24H,5,12-16H2,1H3/t20-/m0/s1. The Morgan fingerprint density at radius 1 is 1.08 bits per heavy atom. The zero-order valence-electron chi connectivity index (χ0n) is 14.8. The molecule has 132 valence electrons. The van der Waals surface area contributed by atoms with Crippen molar-refractivity contribution in [2.45, 2.75) is 25.8 Å². The Kier molecular flexibility index (Phi) is 5.84. The SMILES string of the molecule is Cc1ccc(N2C[C@H](Cc3ccccc3)N(CCCO)CC2=O)cc1. The quantitative estimate of drug-likeness (QED) is 0.881. The number of piperazine rings is 1. The third-order valence-electron chi connectivity index (χ3n) is 4.81. The number of benzene rings is 2. The molecule has 4 nitrogen and oxygen atoms in total. The molecule has 0 spiro atoms. The predicted molar refractivity (Wildman–Crippen MR) is 101 cm³/mol. The summed E-state index contributed by atoms with van der Waals surface area (Å²) in [6.45, 7) is 4.05. The number of carbonyl (C=O) groups is 1. The summed E-state index contributed by atoms with van der Waals surface area (Å²) >= 11 is 0. The van der Waals surface area contributed by atoms with Gasteiger partial charge in [-0.2, -0.15) is 0 Å². The van der Waals surface area contributed by atoms with Gasteiger partial charge in [-0.15, -0.1) is 0 Å². The van der Waals surface area contributed by atoms with E-state index in [2.05, 4.69) is 36.1 Å². The number of anilines is 1. The first-order chi connectivity index (χ1) is 12.2. The number of carbonyl (C=O) groups excluding carboxylic acids is 1. The van der Waals surface area contributed by atoms with Crippen molar-refractivity contribution >= 4 is 11.6 Å². The number of amides is 1. The second-order valence-corrected chi connectivity index (χ2v) is 6.73. The normalized spacial score (nSPS) is 18.6. The molecule has 1 heterocycles. The van der Waals surface area contributed by atoms with Gasteiger partial charge in [0.25, 0.3) is 0 Å². The van der Waals surface area contributed by atoms with Gasteiger partial charge in [-0.3, -0.25) is 9.69 Å². The molecule has 0 saturated carbocycles. The van der Waals surface area contributed by atoms with Gasteiger partial charge in [0.1, 0.15) is 0 Å². The van der Waals surface area contributed by atoms with Crippen LogP contribution in [0.5, 0.6) is 0 Å². The molecule has 0 bridgehead atoms. The summed E-state index contributed by atoms with van der Waals surface area (Å²) in [6.07, 6.45) is 1.60. The minimum atomic E-state index is 0.131. The summed E-state index contributed by atoms with van der Waals surface area (Å²) in [7, 11) is 0. The molecular weight excluding hydrogens is 312 g/mol. The molecule has 0 aromatic heterocycles. The summed E-state index contributed by atoms with van der Waals surface area (Å²) in [5.41, 5.74) is 3.44. The van der Waals surface area contributed by atoms with Gasteiger partial charge in [0.2, 0.25) is 5.91 Å². The Balaban J connectivity index is 1.79. The molecule has 4 heteroatoms. The maximum Gasteiger partial charge on any atom is 0.241 e. The molecule has 2 aromatic carbocycles. The fourth-order valence-electron chi connectivity index (χ4n) is 3.41. The summed E-state index contributed by atoms with van der Waals surface area (Å²) in [5, 5.41) is 9.17. The second kappa shape index (κ2) is 8.28. The van der Waals surface area contributed by atoms with Crippen LogP contribution < -0.4 is 4.90 Å². The van der Waals surface area contributed by atoms with Crippen LogP contribution in [0, 0.1) is 6.92 Å². The zero-order valence-corrected chi connectivity index (χ0v) is 14.8. The highest BCUT2D eigenvalue weighted by Gasteiger charge is 2.32.